The molecule has 0 bridgehead atoms. The van der Waals surface area contributed by atoms with Crippen LogP contribution in [0.4, 0.5) is 5.69 Å². The van der Waals surface area contributed by atoms with Gasteiger partial charge in [0.25, 0.3) is 5.91 Å². The average molecular weight is 338 g/mol. The van der Waals surface area contributed by atoms with Crippen molar-refractivity contribution in [2.75, 3.05) is 5.32 Å². The van der Waals surface area contributed by atoms with Crippen molar-refractivity contribution in [2.45, 2.75) is 26.2 Å². The Hall–Kier alpha value is -1.13. The van der Waals surface area contributed by atoms with E-state index < -0.39 is 0 Å². The quantitative estimate of drug-likeness (QED) is 0.815. The predicted molar refractivity (Wildman–Crippen MR) is 85.1 cm³/mol. The van der Waals surface area contributed by atoms with Crippen molar-refractivity contribution < 1.29 is 4.79 Å². The zero-order valence-electron chi connectivity index (χ0n) is 11.2. The largest absolute Gasteiger partial charge is 0.320 e. The number of amides is 1. The SMILES string of the molecule is CC(C)(C)c1ccc(NC(=O)c2cccs2)c(Br)c1. The molecular weight excluding hydrogens is 322 g/mol. The first-order valence-corrected chi connectivity index (χ1v) is 7.70. The normalized spacial score (nSPS) is 11.4. The second-order valence-electron chi connectivity index (χ2n) is 5.38. The standard InChI is InChI=1S/C15H16BrNOS/c1-15(2,3)10-6-7-12(11(16)9-10)17-14(18)13-5-4-8-19-13/h4-9H,1-3H3,(H,17,18). The number of carbonyl (C=O) groups excluding carboxylic acids is 1. The van der Waals surface area contributed by atoms with Crippen LogP contribution in [0.1, 0.15) is 36.0 Å². The highest BCUT2D eigenvalue weighted by atomic mass is 79.9. The van der Waals surface area contributed by atoms with E-state index in [2.05, 4.69) is 54.2 Å². The molecule has 0 spiro atoms. The first-order valence-electron chi connectivity index (χ1n) is 6.03. The topological polar surface area (TPSA) is 29.1 Å². The summed E-state index contributed by atoms with van der Waals surface area (Å²) in [7, 11) is 0. The summed E-state index contributed by atoms with van der Waals surface area (Å²) in [5.41, 5.74) is 2.12. The molecule has 2 aromatic rings. The van der Waals surface area contributed by atoms with E-state index in [0.29, 0.717) is 4.88 Å². The molecular formula is C15H16BrNOS. The smallest absolute Gasteiger partial charge is 0.265 e. The van der Waals surface area contributed by atoms with E-state index in [-0.39, 0.29) is 11.3 Å². The molecule has 0 aliphatic carbocycles. The van der Waals surface area contributed by atoms with Crippen molar-refractivity contribution >= 4 is 38.9 Å². The summed E-state index contributed by atoms with van der Waals surface area (Å²) in [4.78, 5) is 12.7. The summed E-state index contributed by atoms with van der Waals surface area (Å²) < 4.78 is 0.907. The maximum atomic E-state index is 12.0. The second-order valence-corrected chi connectivity index (χ2v) is 7.18. The summed E-state index contributed by atoms with van der Waals surface area (Å²) >= 11 is 4.96. The van der Waals surface area contributed by atoms with Gasteiger partial charge in [0.15, 0.2) is 0 Å². The Labute approximate surface area is 126 Å². The average Bonchev–Trinajstić information content (AvgIpc) is 2.84. The van der Waals surface area contributed by atoms with Crippen LogP contribution in [0.5, 0.6) is 0 Å². The number of nitrogens with one attached hydrogen (secondary N) is 1. The molecule has 0 aliphatic rings. The van der Waals surface area contributed by atoms with Crippen molar-refractivity contribution in [3.63, 3.8) is 0 Å². The van der Waals surface area contributed by atoms with E-state index in [1.165, 1.54) is 16.9 Å². The summed E-state index contributed by atoms with van der Waals surface area (Å²) in [6.07, 6.45) is 0. The molecule has 100 valence electrons. The van der Waals surface area contributed by atoms with Crippen LogP contribution in [0.3, 0.4) is 0 Å². The highest BCUT2D eigenvalue weighted by molar-refractivity contribution is 9.10. The monoisotopic (exact) mass is 337 g/mol. The predicted octanol–water partition coefficient (Wildman–Crippen LogP) is 5.06. The van der Waals surface area contributed by atoms with Crippen LogP contribution in [0.25, 0.3) is 0 Å². The minimum Gasteiger partial charge on any atom is -0.320 e. The van der Waals surface area contributed by atoms with Crippen molar-refractivity contribution in [2.24, 2.45) is 0 Å². The minimum atomic E-state index is -0.0702. The van der Waals surface area contributed by atoms with Gasteiger partial charge in [-0.2, -0.15) is 0 Å². The number of hydrogen-bond acceptors (Lipinski definition) is 2. The number of rotatable bonds is 2. The van der Waals surface area contributed by atoms with Crippen LogP contribution in [0.15, 0.2) is 40.2 Å². The first kappa shape index (κ1) is 14.3. The van der Waals surface area contributed by atoms with Gasteiger partial charge in [0.1, 0.15) is 0 Å². The van der Waals surface area contributed by atoms with Gasteiger partial charge < -0.3 is 5.32 Å². The van der Waals surface area contributed by atoms with E-state index in [0.717, 1.165) is 10.2 Å². The molecule has 0 radical (unpaired) electrons. The Morgan fingerprint density at radius 3 is 2.53 bits per heavy atom. The molecule has 0 unspecified atom stereocenters. The van der Waals surface area contributed by atoms with Crippen LogP contribution in [-0.2, 0) is 5.41 Å². The third kappa shape index (κ3) is 3.45. The van der Waals surface area contributed by atoms with Crippen molar-refractivity contribution in [1.29, 1.82) is 0 Å². The molecule has 2 nitrogen and oxygen atoms in total. The molecule has 0 saturated carbocycles. The van der Waals surface area contributed by atoms with Crippen LogP contribution in [0.2, 0.25) is 0 Å². The van der Waals surface area contributed by atoms with E-state index in [1.54, 1.807) is 0 Å². The Bertz CT molecular complexity index is 585. The van der Waals surface area contributed by atoms with E-state index in [9.17, 15) is 4.79 Å². The van der Waals surface area contributed by atoms with Crippen LogP contribution >= 0.6 is 27.3 Å². The summed E-state index contributed by atoms with van der Waals surface area (Å²) in [6.45, 7) is 6.50. The molecule has 1 aromatic carbocycles. The fraction of sp³-hybridized carbons (Fsp3) is 0.267. The Kier molecular flexibility index (Phi) is 4.11. The summed E-state index contributed by atoms with van der Waals surface area (Å²) in [5, 5.41) is 4.81. The molecule has 0 saturated heterocycles. The van der Waals surface area contributed by atoms with Gasteiger partial charge in [0.2, 0.25) is 0 Å². The van der Waals surface area contributed by atoms with Crippen molar-refractivity contribution in [3.05, 3.63) is 50.6 Å². The molecule has 0 atom stereocenters. The van der Waals surface area contributed by atoms with E-state index in [4.69, 9.17) is 0 Å². The maximum Gasteiger partial charge on any atom is 0.265 e. The van der Waals surface area contributed by atoms with E-state index >= 15 is 0 Å². The molecule has 0 aliphatic heterocycles. The molecule has 1 amide bonds. The molecule has 19 heavy (non-hydrogen) atoms. The van der Waals surface area contributed by atoms with Crippen LogP contribution in [0, 0.1) is 0 Å². The van der Waals surface area contributed by atoms with Gasteiger partial charge in [-0.25, -0.2) is 0 Å². The Morgan fingerprint density at radius 2 is 2.00 bits per heavy atom. The highest BCUT2D eigenvalue weighted by Gasteiger charge is 2.16. The maximum absolute atomic E-state index is 12.0. The number of thiophene rings is 1. The van der Waals surface area contributed by atoms with Crippen LogP contribution in [-0.4, -0.2) is 5.91 Å². The second kappa shape index (κ2) is 5.47. The Morgan fingerprint density at radius 1 is 1.26 bits per heavy atom. The molecule has 1 N–H and O–H groups in total. The van der Waals surface area contributed by atoms with Gasteiger partial charge in [0.05, 0.1) is 10.6 Å². The van der Waals surface area contributed by atoms with Gasteiger partial charge in [-0.15, -0.1) is 11.3 Å². The lowest BCUT2D eigenvalue weighted by Gasteiger charge is -2.20. The van der Waals surface area contributed by atoms with E-state index in [1.807, 2.05) is 23.6 Å². The zero-order chi connectivity index (χ0) is 14.0. The summed E-state index contributed by atoms with van der Waals surface area (Å²) in [5.74, 6) is -0.0702. The Balaban J connectivity index is 2.21. The third-order valence-electron chi connectivity index (χ3n) is 2.83. The molecule has 4 heteroatoms. The molecule has 0 fully saturated rings. The lowest BCUT2D eigenvalue weighted by atomic mass is 9.87. The van der Waals surface area contributed by atoms with Crippen molar-refractivity contribution in [3.8, 4) is 0 Å². The number of anilines is 1. The molecule has 1 aromatic heterocycles. The number of halogens is 1. The van der Waals surface area contributed by atoms with Gasteiger partial charge in [-0.05, 0) is 50.5 Å². The zero-order valence-corrected chi connectivity index (χ0v) is 13.6. The lowest BCUT2D eigenvalue weighted by molar-refractivity contribution is 0.103. The van der Waals surface area contributed by atoms with Crippen LogP contribution < -0.4 is 5.32 Å². The number of benzene rings is 1. The minimum absolute atomic E-state index is 0.0702. The van der Waals surface area contributed by atoms with Gasteiger partial charge in [0, 0.05) is 4.47 Å². The first-order chi connectivity index (χ1) is 8.88. The summed E-state index contributed by atoms with van der Waals surface area (Å²) in [6, 6.07) is 9.74. The number of carbonyl (C=O) groups is 1. The fourth-order valence-electron chi connectivity index (χ4n) is 1.67. The number of hydrogen-bond donors (Lipinski definition) is 1. The third-order valence-corrected chi connectivity index (χ3v) is 4.35. The van der Waals surface area contributed by atoms with Crippen molar-refractivity contribution in [1.82, 2.24) is 0 Å². The van der Waals surface area contributed by atoms with Gasteiger partial charge in [-0.3, -0.25) is 4.79 Å². The molecule has 2 rings (SSSR count). The highest BCUT2D eigenvalue weighted by Crippen LogP contribution is 2.30. The van der Waals surface area contributed by atoms with Gasteiger partial charge >= 0.3 is 0 Å². The van der Waals surface area contributed by atoms with Gasteiger partial charge in [-0.1, -0.05) is 32.9 Å². The molecule has 1 heterocycles. The lowest BCUT2D eigenvalue weighted by Crippen LogP contribution is -2.13. The fourth-order valence-corrected chi connectivity index (χ4v) is 2.77.